The third kappa shape index (κ3) is 1.99. The van der Waals surface area contributed by atoms with Crippen molar-refractivity contribution in [3.05, 3.63) is 20.8 Å². The summed E-state index contributed by atoms with van der Waals surface area (Å²) in [7, 11) is 0. The summed E-state index contributed by atoms with van der Waals surface area (Å²) in [6.45, 7) is 2.96. The number of carbonyl (C=O) groups excluding carboxylic acids is 1. The van der Waals surface area contributed by atoms with Gasteiger partial charge < -0.3 is 4.90 Å². The smallest absolute Gasteiger partial charge is 0.264 e. The molecule has 1 atom stereocenters. The molecule has 76 valence electrons. The monoisotopic (exact) mass is 291 g/mol. The highest BCUT2D eigenvalue weighted by atomic mass is 79.9. The van der Waals surface area contributed by atoms with Gasteiger partial charge in [0.05, 0.1) is 10.3 Å². The van der Waals surface area contributed by atoms with Gasteiger partial charge in [0.1, 0.15) is 0 Å². The summed E-state index contributed by atoms with van der Waals surface area (Å²) < 4.78 is 0.991. The van der Waals surface area contributed by atoms with Crippen LogP contribution in [0.1, 0.15) is 16.6 Å². The van der Waals surface area contributed by atoms with Crippen LogP contribution < -0.4 is 0 Å². The third-order valence-electron chi connectivity index (χ3n) is 2.17. The van der Waals surface area contributed by atoms with Crippen LogP contribution in [0, 0.1) is 0 Å². The van der Waals surface area contributed by atoms with E-state index in [4.69, 9.17) is 0 Å². The summed E-state index contributed by atoms with van der Waals surface area (Å²) in [5.41, 5.74) is 0. The molecule has 2 heterocycles. The fraction of sp³-hybridized carbons (Fsp3) is 0.444. The second-order valence-electron chi connectivity index (χ2n) is 3.10. The number of halogens is 1. The van der Waals surface area contributed by atoms with Gasteiger partial charge in [0.2, 0.25) is 0 Å². The zero-order valence-corrected chi connectivity index (χ0v) is 10.9. The van der Waals surface area contributed by atoms with Crippen molar-refractivity contribution in [1.82, 2.24) is 4.90 Å². The Morgan fingerprint density at radius 1 is 1.71 bits per heavy atom. The maximum Gasteiger partial charge on any atom is 0.264 e. The first-order valence-electron chi connectivity index (χ1n) is 4.35. The molecule has 1 fully saturated rings. The van der Waals surface area contributed by atoms with E-state index in [-0.39, 0.29) is 5.91 Å². The van der Waals surface area contributed by atoms with Crippen LogP contribution in [0.15, 0.2) is 15.9 Å². The summed E-state index contributed by atoms with van der Waals surface area (Å²) >= 11 is 6.69. The number of nitrogens with zero attached hydrogens (tertiary/aromatic N) is 1. The summed E-state index contributed by atoms with van der Waals surface area (Å²) in [4.78, 5) is 14.7. The van der Waals surface area contributed by atoms with Gasteiger partial charge >= 0.3 is 0 Å². The van der Waals surface area contributed by atoms with Gasteiger partial charge in [-0.3, -0.25) is 4.79 Å². The Balaban J connectivity index is 2.15. The first kappa shape index (κ1) is 10.5. The van der Waals surface area contributed by atoms with E-state index in [9.17, 15) is 4.79 Å². The van der Waals surface area contributed by atoms with E-state index in [2.05, 4.69) is 22.9 Å². The molecule has 14 heavy (non-hydrogen) atoms. The van der Waals surface area contributed by atoms with Crippen LogP contribution in [0.25, 0.3) is 0 Å². The maximum atomic E-state index is 12.0. The average molecular weight is 292 g/mol. The van der Waals surface area contributed by atoms with Gasteiger partial charge in [0.15, 0.2) is 0 Å². The molecule has 0 spiro atoms. The number of thioether (sulfide) groups is 1. The van der Waals surface area contributed by atoms with E-state index in [1.54, 1.807) is 0 Å². The molecule has 1 aromatic heterocycles. The minimum Gasteiger partial charge on any atom is -0.325 e. The first-order valence-corrected chi connectivity index (χ1v) is 7.07. The van der Waals surface area contributed by atoms with E-state index in [0.717, 1.165) is 21.6 Å². The molecule has 0 aliphatic carbocycles. The highest BCUT2D eigenvalue weighted by Crippen LogP contribution is 2.27. The standard InChI is InChI=1S/C9H10BrNOS2/c1-6-11(2-3-13-6)9(12)8-4-7(10)5-14-8/h4-6H,2-3H2,1H3. The van der Waals surface area contributed by atoms with Gasteiger partial charge in [0.25, 0.3) is 5.91 Å². The number of amides is 1. The molecule has 1 aliphatic heterocycles. The lowest BCUT2D eigenvalue weighted by Gasteiger charge is -2.19. The molecule has 1 saturated heterocycles. The third-order valence-corrected chi connectivity index (χ3v) is 5.00. The average Bonchev–Trinajstić information content (AvgIpc) is 2.73. The van der Waals surface area contributed by atoms with Crippen molar-refractivity contribution >= 4 is 44.9 Å². The van der Waals surface area contributed by atoms with Gasteiger partial charge in [-0.15, -0.1) is 23.1 Å². The predicted octanol–water partition coefficient (Wildman–Crippen LogP) is 3.05. The summed E-state index contributed by atoms with van der Waals surface area (Å²) in [5.74, 6) is 1.22. The minimum absolute atomic E-state index is 0.165. The summed E-state index contributed by atoms with van der Waals surface area (Å²) in [5, 5.41) is 2.27. The van der Waals surface area contributed by atoms with Gasteiger partial charge in [-0.25, -0.2) is 0 Å². The van der Waals surface area contributed by atoms with Gasteiger partial charge in [-0.2, -0.15) is 0 Å². The molecular formula is C9H10BrNOS2. The van der Waals surface area contributed by atoms with E-state index < -0.39 is 0 Å². The molecule has 0 radical (unpaired) electrons. The van der Waals surface area contributed by atoms with Crippen molar-refractivity contribution in [3.63, 3.8) is 0 Å². The molecule has 1 aromatic rings. The molecular weight excluding hydrogens is 282 g/mol. The van der Waals surface area contributed by atoms with E-state index >= 15 is 0 Å². The first-order chi connectivity index (χ1) is 6.68. The lowest BCUT2D eigenvalue weighted by molar-refractivity contribution is 0.0773. The van der Waals surface area contributed by atoms with Crippen LogP contribution in [0.5, 0.6) is 0 Å². The largest absolute Gasteiger partial charge is 0.325 e. The maximum absolute atomic E-state index is 12.0. The minimum atomic E-state index is 0.165. The van der Waals surface area contributed by atoms with Crippen molar-refractivity contribution < 1.29 is 4.79 Å². The molecule has 1 amide bonds. The van der Waals surface area contributed by atoms with Gasteiger partial charge in [-0.1, -0.05) is 0 Å². The Kier molecular flexibility index (Phi) is 3.19. The van der Waals surface area contributed by atoms with Crippen molar-refractivity contribution in [1.29, 1.82) is 0 Å². The van der Waals surface area contributed by atoms with Crippen LogP contribution in [-0.4, -0.2) is 28.5 Å². The molecule has 2 nitrogen and oxygen atoms in total. The molecule has 0 saturated carbocycles. The zero-order valence-electron chi connectivity index (χ0n) is 7.70. The molecule has 0 bridgehead atoms. The molecule has 1 unspecified atom stereocenters. The highest BCUT2D eigenvalue weighted by molar-refractivity contribution is 9.10. The number of thiophene rings is 1. The van der Waals surface area contributed by atoms with Crippen molar-refractivity contribution in [2.45, 2.75) is 12.3 Å². The molecule has 1 aliphatic rings. The van der Waals surface area contributed by atoms with E-state index in [1.165, 1.54) is 11.3 Å². The Hall–Kier alpha value is -0.0000000000000000833. The van der Waals surface area contributed by atoms with Crippen LogP contribution in [0.2, 0.25) is 0 Å². The van der Waals surface area contributed by atoms with Gasteiger partial charge in [-0.05, 0) is 28.9 Å². The second-order valence-corrected chi connectivity index (χ2v) is 6.35. The van der Waals surface area contributed by atoms with E-state index in [0.29, 0.717) is 5.37 Å². The lowest BCUT2D eigenvalue weighted by atomic mass is 10.4. The van der Waals surface area contributed by atoms with Crippen molar-refractivity contribution in [2.24, 2.45) is 0 Å². The van der Waals surface area contributed by atoms with Crippen molar-refractivity contribution in [2.75, 3.05) is 12.3 Å². The summed E-state index contributed by atoms with van der Waals surface area (Å²) in [6.07, 6.45) is 0. The van der Waals surface area contributed by atoms with Crippen LogP contribution in [0.4, 0.5) is 0 Å². The molecule has 0 aromatic carbocycles. The van der Waals surface area contributed by atoms with Crippen LogP contribution in [0.3, 0.4) is 0 Å². The fourth-order valence-corrected chi connectivity index (χ4v) is 3.83. The molecule has 2 rings (SSSR count). The highest BCUT2D eigenvalue weighted by Gasteiger charge is 2.27. The Labute approximate surface area is 99.8 Å². The van der Waals surface area contributed by atoms with Crippen LogP contribution >= 0.6 is 39.0 Å². The quantitative estimate of drug-likeness (QED) is 0.793. The number of rotatable bonds is 1. The topological polar surface area (TPSA) is 20.3 Å². The Morgan fingerprint density at radius 3 is 3.00 bits per heavy atom. The predicted molar refractivity (Wildman–Crippen MR) is 65.0 cm³/mol. The second kappa shape index (κ2) is 4.24. The Bertz CT molecular complexity index is 352. The SMILES string of the molecule is CC1SCCN1C(=O)c1cc(Br)cs1. The number of hydrogen-bond donors (Lipinski definition) is 0. The van der Waals surface area contributed by atoms with Crippen molar-refractivity contribution in [3.8, 4) is 0 Å². The fourth-order valence-electron chi connectivity index (χ4n) is 1.43. The number of carbonyl (C=O) groups is 1. The Morgan fingerprint density at radius 2 is 2.50 bits per heavy atom. The van der Waals surface area contributed by atoms with E-state index in [1.807, 2.05) is 28.1 Å². The number of hydrogen-bond acceptors (Lipinski definition) is 3. The molecule has 5 heteroatoms. The normalized spacial score (nSPS) is 21.6. The zero-order chi connectivity index (χ0) is 10.1. The van der Waals surface area contributed by atoms with Crippen LogP contribution in [-0.2, 0) is 0 Å². The summed E-state index contributed by atoms with van der Waals surface area (Å²) in [6, 6.07) is 1.89. The molecule has 0 N–H and O–H groups in total. The van der Waals surface area contributed by atoms with Gasteiger partial charge in [0, 0.05) is 22.2 Å². The lowest BCUT2D eigenvalue weighted by Crippen LogP contribution is -2.32.